The Labute approximate surface area is 102 Å². The molecule has 1 saturated heterocycles. The van der Waals surface area contributed by atoms with Gasteiger partial charge in [0.25, 0.3) is 0 Å². The molecular formula is C11H18N2O3S. The first-order valence-corrected chi connectivity index (χ1v) is 7.64. The fourth-order valence-electron chi connectivity index (χ4n) is 1.90. The zero-order chi connectivity index (χ0) is 12.9. The van der Waals surface area contributed by atoms with Crippen LogP contribution in [0.25, 0.3) is 0 Å². The maximum Gasteiger partial charge on any atom is 0.237 e. The van der Waals surface area contributed by atoms with Crippen LogP contribution in [0.4, 0.5) is 0 Å². The van der Waals surface area contributed by atoms with E-state index in [1.54, 1.807) is 11.8 Å². The Hall–Kier alpha value is -1.09. The molecule has 0 bridgehead atoms. The number of hydrogen-bond acceptors (Lipinski definition) is 4. The van der Waals surface area contributed by atoms with Crippen LogP contribution in [-0.4, -0.2) is 43.8 Å². The maximum absolute atomic E-state index is 11.7. The maximum atomic E-state index is 11.7. The van der Waals surface area contributed by atoms with Gasteiger partial charge in [-0.25, -0.2) is 8.42 Å². The highest BCUT2D eigenvalue weighted by Gasteiger charge is 2.24. The molecule has 0 aromatic rings. The highest BCUT2D eigenvalue weighted by atomic mass is 32.2. The molecule has 0 aliphatic carbocycles. The summed E-state index contributed by atoms with van der Waals surface area (Å²) in [7, 11) is -3.46. The van der Waals surface area contributed by atoms with Crippen molar-refractivity contribution in [1.82, 2.24) is 4.90 Å². The monoisotopic (exact) mass is 258 g/mol. The number of sulfone groups is 1. The first kappa shape index (κ1) is 14.0. The average molecular weight is 258 g/mol. The van der Waals surface area contributed by atoms with Gasteiger partial charge in [0.15, 0.2) is 9.84 Å². The third kappa shape index (κ3) is 4.73. The fraction of sp³-hybridized carbons (Fsp3) is 0.818. The summed E-state index contributed by atoms with van der Waals surface area (Å²) >= 11 is 0. The van der Waals surface area contributed by atoms with E-state index in [0.29, 0.717) is 13.1 Å². The number of likely N-dealkylation sites (tertiary alicyclic amines) is 1. The number of rotatable bonds is 4. The third-order valence-electron chi connectivity index (χ3n) is 2.78. The Morgan fingerprint density at radius 3 is 2.47 bits per heavy atom. The van der Waals surface area contributed by atoms with E-state index in [9.17, 15) is 13.2 Å². The second kappa shape index (κ2) is 6.01. The van der Waals surface area contributed by atoms with Gasteiger partial charge in [-0.1, -0.05) is 0 Å². The van der Waals surface area contributed by atoms with Crippen LogP contribution < -0.4 is 0 Å². The van der Waals surface area contributed by atoms with Crippen molar-refractivity contribution in [3.05, 3.63) is 0 Å². The normalized spacial score (nSPS) is 18.5. The predicted molar refractivity (Wildman–Crippen MR) is 63.9 cm³/mol. The molecule has 0 radical (unpaired) electrons. The Morgan fingerprint density at radius 1 is 1.35 bits per heavy atom. The summed E-state index contributed by atoms with van der Waals surface area (Å²) in [6.07, 6.45) is 2.99. The minimum absolute atomic E-state index is 0.233. The van der Waals surface area contributed by atoms with Crippen molar-refractivity contribution in [2.24, 2.45) is 5.92 Å². The largest absolute Gasteiger partial charge is 0.342 e. The van der Waals surface area contributed by atoms with Gasteiger partial charge in [-0.05, 0) is 26.2 Å². The molecule has 1 aliphatic rings. The zero-order valence-corrected chi connectivity index (χ0v) is 10.9. The number of amides is 1. The number of carbonyl (C=O) groups is 1. The van der Waals surface area contributed by atoms with Gasteiger partial charge in [0.1, 0.15) is 5.75 Å². The van der Waals surface area contributed by atoms with E-state index in [1.165, 1.54) is 0 Å². The van der Waals surface area contributed by atoms with Crippen LogP contribution in [0.2, 0.25) is 0 Å². The van der Waals surface area contributed by atoms with Crippen molar-refractivity contribution in [3.63, 3.8) is 0 Å². The zero-order valence-electron chi connectivity index (χ0n) is 10.1. The molecule has 96 valence electrons. The molecule has 1 fully saturated rings. The molecule has 6 heteroatoms. The molecule has 1 heterocycles. The van der Waals surface area contributed by atoms with Crippen molar-refractivity contribution in [3.8, 4) is 6.07 Å². The van der Waals surface area contributed by atoms with E-state index < -0.39 is 21.5 Å². The highest BCUT2D eigenvalue weighted by Crippen LogP contribution is 2.10. The van der Waals surface area contributed by atoms with E-state index in [4.69, 9.17) is 5.26 Å². The van der Waals surface area contributed by atoms with E-state index in [0.717, 1.165) is 19.3 Å². The van der Waals surface area contributed by atoms with Crippen LogP contribution >= 0.6 is 0 Å². The van der Waals surface area contributed by atoms with E-state index >= 15 is 0 Å². The summed E-state index contributed by atoms with van der Waals surface area (Å²) in [5, 5.41) is 8.57. The van der Waals surface area contributed by atoms with Gasteiger partial charge in [0, 0.05) is 13.1 Å². The van der Waals surface area contributed by atoms with Crippen LogP contribution in [0, 0.1) is 17.2 Å². The van der Waals surface area contributed by atoms with Crippen molar-refractivity contribution in [2.75, 3.05) is 24.6 Å². The van der Waals surface area contributed by atoms with Crippen LogP contribution in [0.5, 0.6) is 0 Å². The molecule has 1 unspecified atom stereocenters. The SMILES string of the molecule is CC(C#N)CS(=O)(=O)CC(=O)N1CCCCC1. The molecule has 0 saturated carbocycles. The minimum Gasteiger partial charge on any atom is -0.342 e. The minimum atomic E-state index is -3.46. The van der Waals surface area contributed by atoms with Crippen LogP contribution in [-0.2, 0) is 14.6 Å². The molecule has 1 amide bonds. The van der Waals surface area contributed by atoms with Crippen LogP contribution in [0.3, 0.4) is 0 Å². The Balaban J connectivity index is 2.52. The molecule has 1 atom stereocenters. The van der Waals surface area contributed by atoms with Crippen molar-refractivity contribution in [1.29, 1.82) is 5.26 Å². The lowest BCUT2D eigenvalue weighted by molar-refractivity contribution is -0.129. The summed E-state index contributed by atoms with van der Waals surface area (Å²) in [5.74, 6) is -1.58. The van der Waals surface area contributed by atoms with Gasteiger partial charge in [0.05, 0.1) is 17.7 Å². The average Bonchev–Trinajstić information content (AvgIpc) is 2.28. The van der Waals surface area contributed by atoms with E-state index in [1.807, 2.05) is 6.07 Å². The first-order valence-electron chi connectivity index (χ1n) is 5.82. The fourth-order valence-corrected chi connectivity index (χ4v) is 3.41. The summed E-state index contributed by atoms with van der Waals surface area (Å²) in [4.78, 5) is 13.4. The second-order valence-electron chi connectivity index (χ2n) is 4.53. The summed E-state index contributed by atoms with van der Waals surface area (Å²) in [6.45, 7) is 2.85. The Bertz CT molecular complexity index is 405. The summed E-state index contributed by atoms with van der Waals surface area (Å²) < 4.78 is 23.3. The number of nitriles is 1. The van der Waals surface area contributed by atoms with Gasteiger partial charge >= 0.3 is 0 Å². The lowest BCUT2D eigenvalue weighted by Crippen LogP contribution is -2.40. The summed E-state index contributed by atoms with van der Waals surface area (Å²) in [6, 6.07) is 1.87. The highest BCUT2D eigenvalue weighted by molar-refractivity contribution is 7.92. The van der Waals surface area contributed by atoms with Crippen molar-refractivity contribution in [2.45, 2.75) is 26.2 Å². The number of piperidine rings is 1. The lowest BCUT2D eigenvalue weighted by atomic mass is 10.1. The van der Waals surface area contributed by atoms with Crippen molar-refractivity contribution >= 4 is 15.7 Å². The third-order valence-corrected chi connectivity index (χ3v) is 4.47. The van der Waals surface area contributed by atoms with Crippen molar-refractivity contribution < 1.29 is 13.2 Å². The van der Waals surface area contributed by atoms with Gasteiger partial charge in [-0.2, -0.15) is 5.26 Å². The molecule has 1 aliphatic heterocycles. The van der Waals surface area contributed by atoms with E-state index in [-0.39, 0.29) is 11.7 Å². The van der Waals surface area contributed by atoms with Crippen LogP contribution in [0.1, 0.15) is 26.2 Å². The smallest absolute Gasteiger partial charge is 0.237 e. The Kier molecular flexibility index (Phi) is 4.94. The van der Waals surface area contributed by atoms with Crippen LogP contribution in [0.15, 0.2) is 0 Å². The number of hydrogen-bond donors (Lipinski definition) is 0. The molecule has 0 N–H and O–H groups in total. The second-order valence-corrected chi connectivity index (χ2v) is 6.64. The quantitative estimate of drug-likeness (QED) is 0.738. The summed E-state index contributed by atoms with van der Waals surface area (Å²) in [5.41, 5.74) is 0. The topological polar surface area (TPSA) is 78.2 Å². The standard InChI is InChI=1S/C11H18N2O3S/c1-10(7-12)8-17(15,16)9-11(14)13-5-3-2-4-6-13/h10H,2-6,8-9H2,1H3. The van der Waals surface area contributed by atoms with E-state index in [2.05, 4.69) is 0 Å². The number of carbonyl (C=O) groups excluding carboxylic acids is 1. The molecule has 0 spiro atoms. The molecule has 0 aromatic heterocycles. The van der Waals surface area contributed by atoms with Gasteiger partial charge in [0.2, 0.25) is 5.91 Å². The molecule has 0 aromatic carbocycles. The van der Waals surface area contributed by atoms with Gasteiger partial charge in [-0.15, -0.1) is 0 Å². The molecule has 5 nitrogen and oxygen atoms in total. The predicted octanol–water partition coefficient (Wildman–Crippen LogP) is 0.573. The van der Waals surface area contributed by atoms with Gasteiger partial charge < -0.3 is 4.90 Å². The molecule has 1 rings (SSSR count). The molecular weight excluding hydrogens is 240 g/mol. The Morgan fingerprint density at radius 2 is 1.94 bits per heavy atom. The lowest BCUT2D eigenvalue weighted by Gasteiger charge is -2.26. The number of nitrogens with zero attached hydrogens (tertiary/aromatic N) is 2. The first-order chi connectivity index (χ1) is 7.94. The van der Waals surface area contributed by atoms with Gasteiger partial charge in [-0.3, -0.25) is 4.79 Å². The molecule has 17 heavy (non-hydrogen) atoms.